The third kappa shape index (κ3) is 3.58. The molecule has 0 unspecified atom stereocenters. The van der Waals surface area contributed by atoms with E-state index in [0.717, 1.165) is 36.4 Å². The molecule has 4 aliphatic rings. The lowest BCUT2D eigenvalue weighted by Gasteiger charge is -2.61. The molecule has 3 saturated carbocycles. The van der Waals surface area contributed by atoms with Crippen molar-refractivity contribution in [3.63, 3.8) is 0 Å². The van der Waals surface area contributed by atoms with E-state index in [2.05, 4.69) is 51.7 Å². The van der Waals surface area contributed by atoms with Gasteiger partial charge in [-0.1, -0.05) is 20.8 Å². The molecule has 3 aliphatic carbocycles. The molecule has 10 nitrogen and oxygen atoms in total. The summed E-state index contributed by atoms with van der Waals surface area (Å²) < 4.78 is 27.8. The normalized spacial score (nSPS) is 30.0. The molecule has 4 fully saturated rings. The summed E-state index contributed by atoms with van der Waals surface area (Å²) in [5, 5.41) is 17.7. The summed E-state index contributed by atoms with van der Waals surface area (Å²) in [5.41, 5.74) is 1.98. The minimum absolute atomic E-state index is 0.0110. The highest BCUT2D eigenvalue weighted by Crippen LogP contribution is 2.57. The highest BCUT2D eigenvalue weighted by atomic mass is 19.1. The zero-order valence-corrected chi connectivity index (χ0v) is 19.3. The predicted octanol–water partition coefficient (Wildman–Crippen LogP) is 3.55. The Morgan fingerprint density at radius 1 is 1.32 bits per heavy atom. The Labute approximate surface area is 195 Å². The van der Waals surface area contributed by atoms with Crippen LogP contribution >= 0.6 is 0 Å². The number of aromatic nitrogens is 5. The van der Waals surface area contributed by atoms with Crippen LogP contribution < -0.4 is 10.6 Å². The fourth-order valence-corrected chi connectivity index (χ4v) is 5.01. The largest absolute Gasteiger partial charge is 0.441 e. The van der Waals surface area contributed by atoms with Crippen LogP contribution in [0.5, 0.6) is 0 Å². The second-order valence-corrected chi connectivity index (χ2v) is 10.7. The maximum absolute atomic E-state index is 15.1. The van der Waals surface area contributed by atoms with Crippen LogP contribution in [0.2, 0.25) is 0 Å². The first-order valence-electron chi connectivity index (χ1n) is 11.6. The van der Waals surface area contributed by atoms with E-state index in [-0.39, 0.29) is 17.6 Å². The number of hydrogen-bond acceptors (Lipinski definition) is 7. The molecule has 11 heteroatoms. The molecular formula is C23H28FN7O3. The number of alkyl halides is 1. The zero-order valence-electron chi connectivity index (χ0n) is 19.3. The quantitative estimate of drug-likeness (QED) is 0.523. The molecule has 3 aromatic heterocycles. The summed E-state index contributed by atoms with van der Waals surface area (Å²) in [6.07, 6.45) is 2.48. The van der Waals surface area contributed by atoms with Crippen LogP contribution in [0, 0.1) is 5.92 Å². The number of anilines is 2. The number of amides is 1. The summed E-state index contributed by atoms with van der Waals surface area (Å²) in [4.78, 5) is 16.6. The van der Waals surface area contributed by atoms with Gasteiger partial charge in [0.15, 0.2) is 23.9 Å². The van der Waals surface area contributed by atoms with Gasteiger partial charge in [-0.15, -0.1) is 0 Å². The average molecular weight is 470 g/mol. The second kappa shape index (κ2) is 7.39. The molecule has 4 heterocycles. The number of nitrogens with one attached hydrogen (secondary N) is 3. The Morgan fingerprint density at radius 2 is 2.12 bits per heavy atom. The van der Waals surface area contributed by atoms with Crippen LogP contribution in [-0.2, 0) is 14.9 Å². The Balaban J connectivity index is 1.12. The van der Waals surface area contributed by atoms with Crippen LogP contribution in [0.15, 0.2) is 24.5 Å². The molecule has 0 radical (unpaired) electrons. The first-order valence-corrected chi connectivity index (χ1v) is 11.6. The van der Waals surface area contributed by atoms with Crippen molar-refractivity contribution in [2.45, 2.75) is 69.4 Å². The van der Waals surface area contributed by atoms with Gasteiger partial charge in [-0.3, -0.25) is 5.10 Å². The van der Waals surface area contributed by atoms with E-state index in [4.69, 9.17) is 9.47 Å². The zero-order chi connectivity index (χ0) is 23.7. The van der Waals surface area contributed by atoms with Crippen LogP contribution in [0.3, 0.4) is 0 Å². The minimum Gasteiger partial charge on any atom is -0.441 e. The van der Waals surface area contributed by atoms with Crippen LogP contribution in [-0.4, -0.2) is 55.3 Å². The molecule has 1 aliphatic heterocycles. The maximum atomic E-state index is 15.1. The van der Waals surface area contributed by atoms with Crippen molar-refractivity contribution in [1.29, 1.82) is 0 Å². The van der Waals surface area contributed by atoms with Crippen molar-refractivity contribution < 1.29 is 18.7 Å². The van der Waals surface area contributed by atoms with Gasteiger partial charge in [-0.05, 0) is 31.2 Å². The number of hydrogen-bond donors (Lipinski definition) is 3. The van der Waals surface area contributed by atoms with Gasteiger partial charge in [-0.2, -0.15) is 10.2 Å². The van der Waals surface area contributed by atoms with E-state index < -0.39 is 24.5 Å². The van der Waals surface area contributed by atoms with Crippen molar-refractivity contribution in [3.8, 4) is 0 Å². The number of carbonyl (C=O) groups is 1. The molecular weight excluding hydrogens is 441 g/mol. The van der Waals surface area contributed by atoms with Crippen molar-refractivity contribution in [3.05, 3.63) is 35.9 Å². The number of carbonyl (C=O) groups excluding carboxylic acids is 1. The number of halogens is 1. The Bertz CT molecular complexity index is 1230. The van der Waals surface area contributed by atoms with Crippen LogP contribution in [0.4, 0.5) is 20.8 Å². The monoisotopic (exact) mass is 469 g/mol. The predicted molar refractivity (Wildman–Crippen MR) is 121 cm³/mol. The number of rotatable bonds is 5. The fourth-order valence-electron chi connectivity index (χ4n) is 5.01. The molecule has 180 valence electrons. The summed E-state index contributed by atoms with van der Waals surface area (Å²) in [5.74, 6) is 1.78. The van der Waals surface area contributed by atoms with E-state index in [1.807, 2.05) is 6.07 Å². The smallest absolute Gasteiger partial charge is 0.408 e. The van der Waals surface area contributed by atoms with Crippen LogP contribution in [0.1, 0.15) is 57.5 Å². The van der Waals surface area contributed by atoms with E-state index in [0.29, 0.717) is 17.3 Å². The molecule has 3 atom stereocenters. The number of alkyl carbamates (subject to hydrolysis) is 1. The number of nitrogens with zero attached hydrogens (tertiary/aromatic N) is 4. The number of ether oxygens (including phenoxy) is 2. The Kier molecular flexibility index (Phi) is 4.64. The molecule has 7 rings (SSSR count). The van der Waals surface area contributed by atoms with Crippen molar-refractivity contribution in [2.75, 3.05) is 11.9 Å². The Hall–Kier alpha value is -3.21. The third-order valence-electron chi connectivity index (χ3n) is 7.06. The molecule has 0 spiro atoms. The fraction of sp³-hybridized carbons (Fsp3) is 0.565. The van der Waals surface area contributed by atoms with E-state index in [1.54, 1.807) is 23.0 Å². The molecule has 3 N–H and O–H groups in total. The molecule has 1 amide bonds. The topological polar surface area (TPSA) is 118 Å². The SMILES string of the molecule is CC(C)(C)c1cc2c(Nc3cc([C@H]4OC[C@@H](OC(=O)NC56CC(C5)C6)[C@@H]4F)[nH]n3)nccn2n1. The van der Waals surface area contributed by atoms with E-state index in [9.17, 15) is 4.79 Å². The first kappa shape index (κ1) is 21.3. The van der Waals surface area contributed by atoms with Gasteiger partial charge in [0.25, 0.3) is 0 Å². The van der Waals surface area contributed by atoms with E-state index in [1.165, 1.54) is 0 Å². The molecule has 1 saturated heterocycles. The minimum atomic E-state index is -1.50. The summed E-state index contributed by atoms with van der Waals surface area (Å²) in [6.45, 7) is 6.28. The highest BCUT2D eigenvalue weighted by molar-refractivity contribution is 5.72. The third-order valence-corrected chi connectivity index (χ3v) is 7.06. The molecule has 34 heavy (non-hydrogen) atoms. The summed E-state index contributed by atoms with van der Waals surface area (Å²) >= 11 is 0. The Morgan fingerprint density at radius 3 is 2.82 bits per heavy atom. The number of aromatic amines is 1. The average Bonchev–Trinajstić information content (AvgIpc) is 3.43. The summed E-state index contributed by atoms with van der Waals surface area (Å²) in [6, 6.07) is 3.66. The lowest BCUT2D eigenvalue weighted by molar-refractivity contribution is -0.0528. The van der Waals surface area contributed by atoms with Gasteiger partial charge in [0.05, 0.1) is 18.0 Å². The van der Waals surface area contributed by atoms with Gasteiger partial charge < -0.3 is 20.1 Å². The van der Waals surface area contributed by atoms with Crippen molar-refractivity contribution in [1.82, 2.24) is 30.1 Å². The first-order chi connectivity index (χ1) is 16.2. The maximum Gasteiger partial charge on any atom is 0.408 e. The van der Waals surface area contributed by atoms with Gasteiger partial charge >= 0.3 is 6.09 Å². The molecule has 0 aromatic carbocycles. The van der Waals surface area contributed by atoms with Gasteiger partial charge in [0.2, 0.25) is 0 Å². The van der Waals surface area contributed by atoms with Crippen molar-refractivity contribution in [2.24, 2.45) is 5.92 Å². The van der Waals surface area contributed by atoms with Crippen LogP contribution in [0.25, 0.3) is 5.52 Å². The highest BCUT2D eigenvalue weighted by Gasteiger charge is 2.58. The standard InChI is InChI=1S/C23H28FN7O3/c1-22(2,3)16-7-14-20(25-4-5-31(14)30-16)26-17-6-13(28-29-17)19-18(24)15(11-33-19)34-21(32)27-23-8-12(9-23)10-23/h4-7,12,15,18-19H,8-11H2,1-3H3,(H,27,32)(H2,25,26,28,29)/t12?,15-,18+,19-,23?/m1/s1. The van der Waals surface area contributed by atoms with Gasteiger partial charge in [-0.25, -0.2) is 18.7 Å². The number of fused-ring (bicyclic) bond motifs is 1. The summed E-state index contributed by atoms with van der Waals surface area (Å²) in [7, 11) is 0. The second-order valence-electron chi connectivity index (χ2n) is 10.7. The van der Waals surface area contributed by atoms with Crippen molar-refractivity contribution >= 4 is 23.2 Å². The lowest BCUT2D eigenvalue weighted by atomic mass is 9.50. The molecule has 3 aromatic rings. The lowest BCUT2D eigenvalue weighted by Crippen LogP contribution is -2.68. The van der Waals surface area contributed by atoms with Gasteiger partial charge in [0.1, 0.15) is 11.6 Å². The number of H-pyrrole nitrogens is 1. The van der Waals surface area contributed by atoms with E-state index >= 15 is 4.39 Å². The molecule has 2 bridgehead atoms. The van der Waals surface area contributed by atoms with Gasteiger partial charge in [0, 0.05) is 29.4 Å².